The van der Waals surface area contributed by atoms with E-state index in [9.17, 15) is 9.90 Å². The van der Waals surface area contributed by atoms with E-state index >= 15 is 0 Å². The summed E-state index contributed by atoms with van der Waals surface area (Å²) in [7, 11) is 0. The van der Waals surface area contributed by atoms with Crippen LogP contribution in [0.25, 0.3) is 0 Å². The van der Waals surface area contributed by atoms with Crippen LogP contribution in [0.1, 0.15) is 134 Å². The fraction of sp³-hybridized carbons (Fsp3) is 0.974. The lowest BCUT2D eigenvalue weighted by atomic mass is 9.46. The summed E-state index contributed by atoms with van der Waals surface area (Å²) in [6.45, 7) is 25.6. The van der Waals surface area contributed by atoms with E-state index in [-0.39, 0.29) is 36.0 Å². The zero-order chi connectivity index (χ0) is 33.9. The first-order chi connectivity index (χ1) is 21.8. The average molecular weight is 648 g/mol. The normalized spacial score (nSPS) is 47.4. The van der Waals surface area contributed by atoms with E-state index in [0.717, 1.165) is 57.2 Å². The number of nitrogens with one attached hydrogen (secondary N) is 1. The Morgan fingerprint density at radius 2 is 1.63 bits per heavy atom. The van der Waals surface area contributed by atoms with Crippen molar-refractivity contribution in [2.45, 2.75) is 170 Å². The van der Waals surface area contributed by atoms with Gasteiger partial charge in [-0.1, -0.05) is 55.4 Å². The fourth-order valence-electron chi connectivity index (χ4n) is 13.1. The van der Waals surface area contributed by atoms with E-state index in [2.05, 4.69) is 33.0 Å². The Balaban J connectivity index is 0.00000100. The number of hydrogen-bond acceptors (Lipinski definition) is 7. The second kappa shape index (κ2) is 13.2. The summed E-state index contributed by atoms with van der Waals surface area (Å²) < 4.78 is 25.2. The maximum absolute atomic E-state index is 11.9. The van der Waals surface area contributed by atoms with Crippen LogP contribution >= 0.6 is 0 Å². The summed E-state index contributed by atoms with van der Waals surface area (Å²) in [6, 6.07) is 0. The summed E-state index contributed by atoms with van der Waals surface area (Å²) in [4.78, 5) is 11.9. The number of carbonyl (C=O) groups excluding carboxylic acids is 1. The molecule has 5 saturated carbocycles. The van der Waals surface area contributed by atoms with Crippen molar-refractivity contribution < 1.29 is 28.8 Å². The van der Waals surface area contributed by atoms with Gasteiger partial charge in [0, 0.05) is 20.0 Å². The second-order valence-corrected chi connectivity index (χ2v) is 17.0. The third kappa shape index (κ3) is 5.43. The maximum Gasteiger partial charge on any atom is 0.303 e. The molecular formula is C39H69NO6. The number of ether oxygens (including phenoxy) is 4. The van der Waals surface area contributed by atoms with Gasteiger partial charge < -0.3 is 29.4 Å². The van der Waals surface area contributed by atoms with Crippen LogP contribution < -0.4 is 5.32 Å². The number of morpholine rings is 1. The second-order valence-electron chi connectivity index (χ2n) is 17.0. The highest BCUT2D eigenvalue weighted by atomic mass is 16.7. The number of fused-ring (bicyclic) bond motifs is 4. The highest BCUT2D eigenvalue weighted by molar-refractivity contribution is 5.66. The Morgan fingerprint density at radius 3 is 2.26 bits per heavy atom. The first-order valence-electron chi connectivity index (χ1n) is 19.3. The molecule has 0 aromatic carbocycles. The number of esters is 1. The molecule has 46 heavy (non-hydrogen) atoms. The van der Waals surface area contributed by atoms with Crippen molar-refractivity contribution in [3.8, 4) is 0 Å². The molecule has 0 radical (unpaired) electrons. The van der Waals surface area contributed by atoms with Crippen molar-refractivity contribution >= 4 is 5.97 Å². The van der Waals surface area contributed by atoms with E-state index in [1.807, 2.05) is 27.7 Å². The van der Waals surface area contributed by atoms with Crippen LogP contribution in [-0.4, -0.2) is 67.1 Å². The summed E-state index contributed by atoms with van der Waals surface area (Å²) in [6.07, 6.45) is 10.3. The maximum atomic E-state index is 11.9. The molecule has 7 rings (SSSR count). The first-order valence-corrected chi connectivity index (χ1v) is 19.3. The monoisotopic (exact) mass is 648 g/mol. The Kier molecular flexibility index (Phi) is 10.5. The summed E-state index contributed by atoms with van der Waals surface area (Å²) in [5.74, 6) is 3.15. The van der Waals surface area contributed by atoms with Crippen molar-refractivity contribution in [3.63, 3.8) is 0 Å². The number of aliphatic hydroxyl groups is 1. The third-order valence-electron chi connectivity index (χ3n) is 14.8. The molecule has 2 heterocycles. The molecule has 2 aliphatic heterocycles. The molecule has 0 aromatic rings. The molecule has 0 amide bonds. The molecule has 266 valence electrons. The summed E-state index contributed by atoms with van der Waals surface area (Å²) in [5.41, 5.74) is 0.238. The molecule has 7 nitrogen and oxygen atoms in total. The largest absolute Gasteiger partial charge is 0.457 e. The van der Waals surface area contributed by atoms with Crippen LogP contribution in [0, 0.1) is 51.2 Å². The van der Waals surface area contributed by atoms with Gasteiger partial charge in [0.05, 0.1) is 30.5 Å². The van der Waals surface area contributed by atoms with Crippen LogP contribution in [0.4, 0.5) is 0 Å². The van der Waals surface area contributed by atoms with Crippen molar-refractivity contribution in [3.05, 3.63) is 0 Å². The van der Waals surface area contributed by atoms with Crippen molar-refractivity contribution in [2.75, 3.05) is 19.7 Å². The molecule has 0 aromatic heterocycles. The van der Waals surface area contributed by atoms with E-state index in [0.29, 0.717) is 34.0 Å². The van der Waals surface area contributed by atoms with E-state index in [4.69, 9.17) is 18.9 Å². The minimum Gasteiger partial charge on any atom is -0.457 e. The third-order valence-corrected chi connectivity index (χ3v) is 14.8. The average Bonchev–Trinajstić information content (AvgIpc) is 3.41. The molecule has 2 N–H and O–H groups in total. The van der Waals surface area contributed by atoms with Crippen LogP contribution in [0.2, 0.25) is 0 Å². The highest BCUT2D eigenvalue weighted by Crippen LogP contribution is 2.89. The molecule has 2 spiro atoms. The van der Waals surface area contributed by atoms with Gasteiger partial charge in [0.1, 0.15) is 0 Å². The molecule has 13 atom stereocenters. The minimum absolute atomic E-state index is 0.114. The molecular weight excluding hydrogens is 578 g/mol. The van der Waals surface area contributed by atoms with E-state index in [1.54, 1.807) is 13.8 Å². The van der Waals surface area contributed by atoms with Gasteiger partial charge in [-0.05, 0) is 123 Å². The lowest BCUT2D eigenvalue weighted by Crippen LogP contribution is -2.56. The number of rotatable bonds is 5. The summed E-state index contributed by atoms with van der Waals surface area (Å²) in [5, 5.41) is 14.3. The standard InChI is InChI=1S/C35H57NO6.2C2H6/c1-20-34-15-14-33(7)23-8-10-25(30(32(5,6)38)40-21(2)37)41-26(23)18-24(33)22(34)9-11-27-31(3,4)28(12-13-35(20,27)34)42-29-19-36-16-17-39-29;2*1-2/h20,22-30,36,38H,8-19H2,1-7H3;2*1-2H3. The van der Waals surface area contributed by atoms with Crippen LogP contribution in [0.3, 0.4) is 0 Å². The molecule has 7 heteroatoms. The smallest absolute Gasteiger partial charge is 0.303 e. The van der Waals surface area contributed by atoms with E-state index < -0.39 is 11.7 Å². The Hall–Kier alpha value is -0.730. The van der Waals surface area contributed by atoms with Crippen LogP contribution in [0.15, 0.2) is 0 Å². The molecule has 7 fully saturated rings. The molecule has 7 aliphatic rings. The lowest BCUT2D eigenvalue weighted by molar-refractivity contribution is -0.232. The quantitative estimate of drug-likeness (QED) is 0.299. The molecule has 5 aliphatic carbocycles. The van der Waals surface area contributed by atoms with E-state index in [1.165, 1.54) is 39.0 Å². The molecule has 2 saturated heterocycles. The minimum atomic E-state index is -1.13. The van der Waals surface area contributed by atoms with Crippen molar-refractivity contribution in [1.29, 1.82) is 0 Å². The van der Waals surface area contributed by atoms with Gasteiger partial charge in [-0.3, -0.25) is 4.79 Å². The zero-order valence-corrected chi connectivity index (χ0v) is 31.2. The lowest BCUT2D eigenvalue weighted by Gasteiger charge is -2.59. The number of hydrogen-bond donors (Lipinski definition) is 2. The SMILES string of the molecule is CC.CC.CC(=O)OC(C1CCC2C(CC3C4CCC5C(C)(C)C(OC6CNCCO6)CCC56C(C)C46CCC23C)O1)C(C)(C)O. The Labute approximate surface area is 281 Å². The topological polar surface area (TPSA) is 86.3 Å². The van der Waals surface area contributed by atoms with Gasteiger partial charge in [-0.2, -0.15) is 0 Å². The summed E-state index contributed by atoms with van der Waals surface area (Å²) >= 11 is 0. The number of carbonyl (C=O) groups is 1. The van der Waals surface area contributed by atoms with Crippen LogP contribution in [-0.2, 0) is 23.7 Å². The molecule has 13 unspecified atom stereocenters. The van der Waals surface area contributed by atoms with Crippen molar-refractivity contribution in [2.24, 2.45) is 51.2 Å². The van der Waals surface area contributed by atoms with Crippen LogP contribution in [0.5, 0.6) is 0 Å². The van der Waals surface area contributed by atoms with Gasteiger partial charge in [-0.15, -0.1) is 0 Å². The fourth-order valence-corrected chi connectivity index (χ4v) is 13.1. The van der Waals surface area contributed by atoms with Crippen molar-refractivity contribution in [1.82, 2.24) is 5.32 Å². The van der Waals surface area contributed by atoms with Gasteiger partial charge in [-0.25, -0.2) is 0 Å². The Morgan fingerprint density at radius 1 is 0.935 bits per heavy atom. The Bertz CT molecular complexity index is 1070. The van der Waals surface area contributed by atoms with Gasteiger partial charge >= 0.3 is 5.97 Å². The van der Waals surface area contributed by atoms with Gasteiger partial charge in [0.2, 0.25) is 0 Å². The zero-order valence-electron chi connectivity index (χ0n) is 31.2. The highest BCUT2D eigenvalue weighted by Gasteiger charge is 2.84. The molecule has 0 bridgehead atoms. The predicted octanol–water partition coefficient (Wildman–Crippen LogP) is 7.53. The van der Waals surface area contributed by atoms with Gasteiger partial charge in [0.25, 0.3) is 0 Å². The predicted molar refractivity (Wildman–Crippen MR) is 182 cm³/mol. The first kappa shape index (κ1) is 36.5. The van der Waals surface area contributed by atoms with Gasteiger partial charge in [0.15, 0.2) is 12.4 Å².